The summed E-state index contributed by atoms with van der Waals surface area (Å²) in [6, 6.07) is 13.3. The largest absolute Gasteiger partial charge is 0.507 e. The van der Waals surface area contributed by atoms with Gasteiger partial charge in [-0.25, -0.2) is 0 Å². The van der Waals surface area contributed by atoms with Gasteiger partial charge < -0.3 is 5.11 Å². The zero-order valence-electron chi connectivity index (χ0n) is 15.9. The molecule has 25 heavy (non-hydrogen) atoms. The number of rotatable bonds is 3. The molecule has 0 saturated heterocycles. The summed E-state index contributed by atoms with van der Waals surface area (Å²) in [6.07, 6.45) is 0. The molecule has 134 valence electrons. The Morgan fingerprint density at radius 3 is 1.76 bits per heavy atom. The number of carbonyl (C=O) groups excluding carboxylic acids is 1. The molecule has 1 atom stereocenters. The quantitative estimate of drug-likeness (QED) is 0.482. The number of alkyl halides is 1. The number of Topliss-reactive ketones (excluding diaryl/α,β-unsaturated/α-hetero) is 1. The molecule has 0 aromatic heterocycles. The molecule has 0 radical (unpaired) electrons. The van der Waals surface area contributed by atoms with Gasteiger partial charge in [0.25, 0.3) is 0 Å². The molecule has 2 aromatic rings. The lowest BCUT2D eigenvalue weighted by Crippen LogP contribution is -2.19. The van der Waals surface area contributed by atoms with E-state index >= 15 is 0 Å². The summed E-state index contributed by atoms with van der Waals surface area (Å²) in [5.41, 5.74) is 2.64. The highest BCUT2D eigenvalue weighted by molar-refractivity contribution is 9.09. The zero-order valence-corrected chi connectivity index (χ0v) is 17.4. The Labute approximate surface area is 159 Å². The van der Waals surface area contributed by atoms with E-state index in [2.05, 4.69) is 15.9 Å². The lowest BCUT2D eigenvalue weighted by Gasteiger charge is -2.28. The molecule has 2 rings (SSSR count). The molecule has 2 aromatic carbocycles. The van der Waals surface area contributed by atoms with E-state index in [1.165, 1.54) is 0 Å². The average Bonchev–Trinajstić information content (AvgIpc) is 2.52. The Bertz CT molecular complexity index is 730. The minimum atomic E-state index is -0.404. The summed E-state index contributed by atoms with van der Waals surface area (Å²) in [7, 11) is 0. The van der Waals surface area contributed by atoms with Crippen LogP contribution >= 0.6 is 15.9 Å². The summed E-state index contributed by atoms with van der Waals surface area (Å²) in [4.78, 5) is 12.7. The van der Waals surface area contributed by atoms with Crippen molar-refractivity contribution in [2.45, 2.75) is 57.2 Å². The smallest absolute Gasteiger partial charge is 0.180 e. The molecule has 0 aliphatic carbocycles. The normalized spacial score (nSPS) is 13.6. The van der Waals surface area contributed by atoms with Gasteiger partial charge in [0.2, 0.25) is 0 Å². The van der Waals surface area contributed by atoms with Crippen LogP contribution in [-0.2, 0) is 10.8 Å². The average molecular weight is 403 g/mol. The summed E-state index contributed by atoms with van der Waals surface area (Å²) in [5, 5.41) is 10.8. The van der Waals surface area contributed by atoms with Crippen LogP contribution in [0.5, 0.6) is 5.75 Å². The van der Waals surface area contributed by atoms with Crippen LogP contribution in [-0.4, -0.2) is 10.9 Å². The van der Waals surface area contributed by atoms with Gasteiger partial charge in [-0.3, -0.25) is 4.79 Å². The van der Waals surface area contributed by atoms with E-state index in [-0.39, 0.29) is 16.6 Å². The van der Waals surface area contributed by atoms with Crippen molar-refractivity contribution in [1.29, 1.82) is 0 Å². The molecule has 0 heterocycles. The first-order valence-electron chi connectivity index (χ1n) is 8.54. The van der Waals surface area contributed by atoms with Gasteiger partial charge in [-0.1, -0.05) is 87.8 Å². The maximum atomic E-state index is 13.1. The number of phenolic OH excluding ortho intramolecular Hbond substituents is 1. The second kappa shape index (κ2) is 6.95. The second-order valence-electron chi connectivity index (χ2n) is 8.56. The van der Waals surface area contributed by atoms with Crippen LogP contribution in [0, 0.1) is 0 Å². The number of halogens is 1. The van der Waals surface area contributed by atoms with Crippen LogP contribution in [0.2, 0.25) is 0 Å². The van der Waals surface area contributed by atoms with Gasteiger partial charge in [0.15, 0.2) is 5.78 Å². The van der Waals surface area contributed by atoms with E-state index in [0.717, 1.165) is 16.7 Å². The highest BCUT2D eigenvalue weighted by atomic mass is 79.9. The maximum absolute atomic E-state index is 13.1. The first kappa shape index (κ1) is 19.7. The van der Waals surface area contributed by atoms with Crippen LogP contribution in [0.15, 0.2) is 42.5 Å². The Morgan fingerprint density at radius 1 is 0.920 bits per heavy atom. The van der Waals surface area contributed by atoms with Crippen molar-refractivity contribution in [3.8, 4) is 5.75 Å². The van der Waals surface area contributed by atoms with Crippen molar-refractivity contribution in [2.24, 2.45) is 0 Å². The first-order valence-corrected chi connectivity index (χ1v) is 9.45. The first-order chi connectivity index (χ1) is 11.4. The second-order valence-corrected chi connectivity index (χ2v) is 9.47. The zero-order chi connectivity index (χ0) is 19.0. The van der Waals surface area contributed by atoms with Crippen molar-refractivity contribution >= 4 is 21.7 Å². The van der Waals surface area contributed by atoms with Crippen LogP contribution < -0.4 is 0 Å². The minimum Gasteiger partial charge on any atom is -0.507 e. The molecule has 1 N–H and O–H groups in total. The maximum Gasteiger partial charge on any atom is 0.180 e. The van der Waals surface area contributed by atoms with Gasteiger partial charge >= 0.3 is 0 Å². The molecule has 0 spiro atoms. The Morgan fingerprint density at radius 2 is 1.36 bits per heavy atom. The third-order valence-electron chi connectivity index (χ3n) is 4.33. The molecular weight excluding hydrogens is 376 g/mol. The summed E-state index contributed by atoms with van der Waals surface area (Å²) in [5.74, 6) is 0.296. The molecule has 2 nitrogen and oxygen atoms in total. The summed E-state index contributed by atoms with van der Waals surface area (Å²) >= 11 is 3.54. The molecule has 0 amide bonds. The topological polar surface area (TPSA) is 37.3 Å². The minimum absolute atomic E-state index is 0.00204. The van der Waals surface area contributed by atoms with Crippen molar-refractivity contribution in [1.82, 2.24) is 0 Å². The van der Waals surface area contributed by atoms with Crippen molar-refractivity contribution in [2.75, 3.05) is 0 Å². The van der Waals surface area contributed by atoms with E-state index < -0.39 is 4.83 Å². The van der Waals surface area contributed by atoms with Gasteiger partial charge in [0.1, 0.15) is 10.6 Å². The fraction of sp³-hybridized carbons (Fsp3) is 0.409. The Hall–Kier alpha value is -1.61. The predicted octanol–water partition coefficient (Wildman–Crippen LogP) is 6.31. The van der Waals surface area contributed by atoms with Gasteiger partial charge in [-0.2, -0.15) is 0 Å². The van der Waals surface area contributed by atoms with Gasteiger partial charge in [0.05, 0.1) is 0 Å². The summed E-state index contributed by atoms with van der Waals surface area (Å²) in [6.45, 7) is 12.3. The number of carbonyl (C=O) groups is 1. The number of phenols is 1. The number of hydrogen-bond donors (Lipinski definition) is 1. The molecule has 0 fully saturated rings. The van der Waals surface area contributed by atoms with Crippen molar-refractivity contribution < 1.29 is 9.90 Å². The molecule has 0 aliphatic rings. The van der Waals surface area contributed by atoms with E-state index in [9.17, 15) is 9.90 Å². The van der Waals surface area contributed by atoms with Gasteiger partial charge in [-0.05, 0) is 28.5 Å². The van der Waals surface area contributed by atoms with Crippen molar-refractivity contribution in [3.63, 3.8) is 0 Å². The van der Waals surface area contributed by atoms with Crippen LogP contribution in [0.4, 0.5) is 0 Å². The van der Waals surface area contributed by atoms with E-state index in [4.69, 9.17) is 0 Å². The highest BCUT2D eigenvalue weighted by Crippen LogP contribution is 2.41. The SMILES string of the molecule is CC(C)(C)c1cc(C(=O)[C@@H](Br)c2ccccc2)cc(C(C)(C)C)c1O. The number of aromatic hydroxyl groups is 1. The molecule has 0 unspecified atom stereocenters. The van der Waals surface area contributed by atoms with E-state index in [1.54, 1.807) is 0 Å². The molecule has 0 aliphatic heterocycles. The molecule has 0 bridgehead atoms. The van der Waals surface area contributed by atoms with Gasteiger partial charge in [0, 0.05) is 16.7 Å². The van der Waals surface area contributed by atoms with Crippen LogP contribution in [0.3, 0.4) is 0 Å². The van der Waals surface area contributed by atoms with Gasteiger partial charge in [-0.15, -0.1) is 0 Å². The summed E-state index contributed by atoms with van der Waals surface area (Å²) < 4.78 is 0. The lowest BCUT2D eigenvalue weighted by molar-refractivity contribution is 0.0991. The Kier molecular flexibility index (Phi) is 5.48. The van der Waals surface area contributed by atoms with Crippen LogP contribution in [0.1, 0.15) is 73.4 Å². The third-order valence-corrected chi connectivity index (χ3v) is 5.28. The van der Waals surface area contributed by atoms with Crippen LogP contribution in [0.25, 0.3) is 0 Å². The highest BCUT2D eigenvalue weighted by Gasteiger charge is 2.29. The predicted molar refractivity (Wildman–Crippen MR) is 108 cm³/mol. The van der Waals surface area contributed by atoms with E-state index in [0.29, 0.717) is 11.3 Å². The van der Waals surface area contributed by atoms with Crippen molar-refractivity contribution in [3.05, 3.63) is 64.7 Å². The molecular formula is C22H27BrO2. The monoisotopic (exact) mass is 402 g/mol. The number of hydrogen-bond acceptors (Lipinski definition) is 2. The fourth-order valence-electron chi connectivity index (χ4n) is 2.84. The number of ketones is 1. The standard InChI is InChI=1S/C22H27BrO2/c1-21(2,3)16-12-15(13-17(20(16)25)22(4,5)6)19(24)18(23)14-10-8-7-9-11-14/h7-13,18,25H,1-6H3/t18-/m0/s1. The Balaban J connectivity index is 2.59. The van der Waals surface area contributed by atoms with E-state index in [1.807, 2.05) is 84.0 Å². The lowest BCUT2D eigenvalue weighted by atomic mass is 9.78. The fourth-order valence-corrected chi connectivity index (χ4v) is 3.41. The molecule has 0 saturated carbocycles. The number of benzene rings is 2. The third kappa shape index (κ3) is 4.33. The molecule has 3 heteroatoms.